The van der Waals surface area contributed by atoms with E-state index in [9.17, 15) is 22.8 Å². The molecular weight excluding hydrogens is 503 g/mol. The van der Waals surface area contributed by atoms with Crippen LogP contribution in [0.25, 0.3) is 0 Å². The van der Waals surface area contributed by atoms with Crippen LogP contribution in [0, 0.1) is 0 Å². The van der Waals surface area contributed by atoms with Crippen LogP contribution in [-0.4, -0.2) is 82.3 Å². The molecule has 0 aromatic rings. The van der Waals surface area contributed by atoms with Gasteiger partial charge in [0, 0.05) is 33.3 Å². The molecule has 0 aliphatic carbocycles. The van der Waals surface area contributed by atoms with Crippen LogP contribution in [0.3, 0.4) is 0 Å². The molecule has 0 unspecified atom stereocenters. The molecule has 0 bridgehead atoms. The highest BCUT2D eigenvalue weighted by molar-refractivity contribution is 7.51. The van der Waals surface area contributed by atoms with Crippen LogP contribution in [0.4, 0.5) is 0 Å². The van der Waals surface area contributed by atoms with Gasteiger partial charge in [0.15, 0.2) is 0 Å². The Morgan fingerprint density at radius 1 is 0.345 bits per heavy atom. The highest BCUT2D eigenvalue weighted by Gasteiger charge is 1.97. The first-order valence-electron chi connectivity index (χ1n) is 6.15. The molecule has 29 heavy (non-hydrogen) atoms. The summed E-state index contributed by atoms with van der Waals surface area (Å²) in [5.41, 5.74) is 0. The van der Waals surface area contributed by atoms with Crippen molar-refractivity contribution in [3.05, 3.63) is 26.3 Å². The van der Waals surface area contributed by atoms with Gasteiger partial charge in [-0.15, -0.1) is 26.3 Å². The molecule has 0 heterocycles. The van der Waals surface area contributed by atoms with Crippen molar-refractivity contribution in [2.45, 2.75) is 0 Å². The molecule has 0 amide bonds. The fourth-order valence-electron chi connectivity index (χ4n) is 0. The molecule has 0 radical (unpaired) electrons. The Morgan fingerprint density at radius 3 is 0.345 bits per heavy atom. The Hall–Kier alpha value is 0.230. The van der Waals surface area contributed by atoms with E-state index in [1.165, 1.54) is 0 Å². The molecule has 10 N–H and O–H groups in total. The summed E-state index contributed by atoms with van der Waals surface area (Å²) in [6.07, 6.45) is 0. The van der Waals surface area contributed by atoms with Crippen LogP contribution in [0.2, 0.25) is 0 Å². The smallest absolute Gasteiger partial charge is 0.322 e. The summed E-state index contributed by atoms with van der Waals surface area (Å²) in [6.45, 7) is 16.3. The first kappa shape index (κ1) is 47.1. The fourth-order valence-corrected chi connectivity index (χ4v) is 0. The van der Waals surface area contributed by atoms with E-state index >= 15 is 0 Å². The first-order chi connectivity index (χ1) is 12.0. The molecule has 0 fully saturated rings. The van der Waals surface area contributed by atoms with E-state index in [-0.39, 0.29) is 0 Å². The van der Waals surface area contributed by atoms with Gasteiger partial charge in [0.05, 0.1) is 0 Å². The lowest BCUT2D eigenvalue weighted by molar-refractivity contribution is 0.379. The minimum absolute atomic E-state index is 0.854. The zero-order chi connectivity index (χ0) is 26.5. The number of rotatable bonds is 0. The van der Waals surface area contributed by atoms with Gasteiger partial charge in [-0.25, -0.2) is 0 Å². The van der Waals surface area contributed by atoms with Gasteiger partial charge >= 0.3 is 38.0 Å². The van der Waals surface area contributed by atoms with Crippen LogP contribution in [0.1, 0.15) is 0 Å². The van der Waals surface area contributed by atoms with Crippen LogP contribution >= 0.6 is 38.0 Å². The summed E-state index contributed by atoms with van der Waals surface area (Å²) < 4.78 is 46.6. The van der Waals surface area contributed by atoms with E-state index in [1.54, 1.807) is 0 Å². The largest absolute Gasteiger partial charge is 0.325 e. The molecule has 15 nitrogen and oxygen atoms in total. The van der Waals surface area contributed by atoms with E-state index in [0.29, 0.717) is 0 Å². The summed E-state index contributed by atoms with van der Waals surface area (Å²) in [5, 5.41) is 0. The zero-order valence-corrected chi connectivity index (χ0v) is 21.1. The maximum atomic E-state index is 9.33. The Kier molecular flexibility index (Phi) is 37.2. The van der Waals surface area contributed by atoms with E-state index < -0.39 is 38.0 Å². The monoisotopic (exact) mass is 536 g/mol. The maximum Gasteiger partial charge on any atom is 0.322 e. The normalized spacial score (nSPS) is 10.4. The summed E-state index contributed by atoms with van der Waals surface area (Å²) in [6, 6.07) is 0. The SMILES string of the molecule is C=C.C=C.CP(=O)(O)O.CP(=O)(O)O.CP(=O)(O)O.CP(=O)(O)O.CP(=O)(O)O. The molecule has 0 aliphatic rings. The highest BCUT2D eigenvalue weighted by Crippen LogP contribution is 2.28. The Labute approximate surface area is 170 Å². The highest BCUT2D eigenvalue weighted by atomic mass is 31.2. The summed E-state index contributed by atoms with van der Waals surface area (Å²) in [5.74, 6) is 0. The molecule has 20 heteroatoms. The Balaban J connectivity index is -0.0000000399. The lowest BCUT2D eigenvalue weighted by atomic mass is 11.3. The average Bonchev–Trinajstić information content (AvgIpc) is 2.21. The van der Waals surface area contributed by atoms with Crippen molar-refractivity contribution in [3.63, 3.8) is 0 Å². The molecule has 0 atom stereocenters. The van der Waals surface area contributed by atoms with Gasteiger partial charge in [0.1, 0.15) is 0 Å². The topological polar surface area (TPSA) is 288 Å². The van der Waals surface area contributed by atoms with Gasteiger partial charge in [0.2, 0.25) is 0 Å². The van der Waals surface area contributed by atoms with Crippen molar-refractivity contribution in [1.29, 1.82) is 0 Å². The van der Waals surface area contributed by atoms with Crippen molar-refractivity contribution >= 4 is 38.0 Å². The lowest BCUT2D eigenvalue weighted by Gasteiger charge is -1.84. The van der Waals surface area contributed by atoms with Crippen LogP contribution in [0.15, 0.2) is 26.3 Å². The van der Waals surface area contributed by atoms with Crippen LogP contribution < -0.4 is 0 Å². The molecule has 0 aromatic carbocycles. The molecule has 0 saturated carbocycles. The van der Waals surface area contributed by atoms with Gasteiger partial charge in [-0.2, -0.15) is 0 Å². The van der Waals surface area contributed by atoms with E-state index in [2.05, 4.69) is 26.3 Å². The minimum atomic E-state index is -3.64. The fraction of sp³-hybridized carbons (Fsp3) is 0.556. The third-order valence-electron chi connectivity index (χ3n) is 0. The summed E-state index contributed by atoms with van der Waals surface area (Å²) in [4.78, 5) is 76.3. The third kappa shape index (κ3) is 367000. The van der Waals surface area contributed by atoms with Gasteiger partial charge in [-0.05, 0) is 0 Å². The lowest BCUT2D eigenvalue weighted by Crippen LogP contribution is -1.64. The summed E-state index contributed by atoms with van der Waals surface area (Å²) in [7, 11) is -18.2. The van der Waals surface area contributed by atoms with Crippen molar-refractivity contribution in [1.82, 2.24) is 0 Å². The molecule has 0 saturated heterocycles. The molecule has 0 rings (SSSR count). The standard InChI is InChI=1S/2C2H4.5CH5O3P/c2*1-2;5*1-5(2,3)4/h2*1-2H2;5*1H3,(H2,2,3,4). The first-order valence-corrected chi connectivity index (χ1v) is 16.4. The predicted molar refractivity (Wildman–Crippen MR) is 112 cm³/mol. The van der Waals surface area contributed by atoms with Crippen LogP contribution in [0.5, 0.6) is 0 Å². The van der Waals surface area contributed by atoms with Crippen molar-refractivity contribution in [2.24, 2.45) is 0 Å². The zero-order valence-electron chi connectivity index (χ0n) is 16.6. The molecule has 0 aliphatic heterocycles. The van der Waals surface area contributed by atoms with Gasteiger partial charge in [-0.3, -0.25) is 22.8 Å². The van der Waals surface area contributed by atoms with Crippen molar-refractivity contribution < 1.29 is 71.8 Å². The third-order valence-corrected chi connectivity index (χ3v) is 0. The minimum Gasteiger partial charge on any atom is -0.325 e. The second-order valence-electron chi connectivity index (χ2n) is 4.18. The Morgan fingerprint density at radius 2 is 0.345 bits per heavy atom. The van der Waals surface area contributed by atoms with E-state index in [0.717, 1.165) is 33.3 Å². The summed E-state index contributed by atoms with van der Waals surface area (Å²) >= 11 is 0. The van der Waals surface area contributed by atoms with Gasteiger partial charge < -0.3 is 48.9 Å². The number of hydrogen-bond donors (Lipinski definition) is 10. The van der Waals surface area contributed by atoms with Crippen LogP contribution in [-0.2, 0) is 22.8 Å². The molecular formula is C9H33O15P5. The quantitative estimate of drug-likeness (QED) is 0.150. The van der Waals surface area contributed by atoms with Gasteiger partial charge in [-0.1, -0.05) is 0 Å². The van der Waals surface area contributed by atoms with E-state index in [4.69, 9.17) is 48.9 Å². The number of hydrogen-bond acceptors (Lipinski definition) is 5. The van der Waals surface area contributed by atoms with Gasteiger partial charge in [0.25, 0.3) is 0 Å². The maximum absolute atomic E-state index is 9.33. The second-order valence-corrected chi connectivity index (χ2v) is 12.5. The molecule has 0 spiro atoms. The second kappa shape index (κ2) is 22.9. The van der Waals surface area contributed by atoms with Crippen molar-refractivity contribution in [2.75, 3.05) is 33.3 Å². The molecule has 0 aromatic heterocycles. The Bertz CT molecular complexity index is 416. The average molecular weight is 536 g/mol. The van der Waals surface area contributed by atoms with E-state index in [1.807, 2.05) is 0 Å². The predicted octanol–water partition coefficient (Wildman–Crippen LogP) is 0.574. The molecule has 184 valence electrons. The van der Waals surface area contributed by atoms with Crippen molar-refractivity contribution in [3.8, 4) is 0 Å².